The van der Waals surface area contributed by atoms with Gasteiger partial charge < -0.3 is 4.74 Å². The Kier molecular flexibility index (Phi) is 5.97. The van der Waals surface area contributed by atoms with Crippen molar-refractivity contribution in [1.29, 1.82) is 0 Å². The molecule has 1 heterocycles. The summed E-state index contributed by atoms with van der Waals surface area (Å²) in [6.07, 6.45) is 0. The number of methoxy groups -OCH3 is 1. The number of ether oxygens (including phenoxy) is 1. The van der Waals surface area contributed by atoms with E-state index >= 15 is 0 Å². The number of nitro benzene ring substituents is 1. The maximum atomic E-state index is 13.0. The molecule has 3 rings (SSSR count). The summed E-state index contributed by atoms with van der Waals surface area (Å²) in [5.41, 5.74) is 1.38. The first-order valence-electron chi connectivity index (χ1n) is 8.92. The monoisotopic (exact) mass is 405 g/mol. The van der Waals surface area contributed by atoms with Crippen molar-refractivity contribution in [3.05, 3.63) is 63.7 Å². The lowest BCUT2D eigenvalue weighted by Gasteiger charge is -2.34. The maximum Gasteiger partial charge on any atom is 0.270 e. The largest absolute Gasteiger partial charge is 0.497 e. The van der Waals surface area contributed by atoms with Gasteiger partial charge in [0.05, 0.1) is 16.9 Å². The molecule has 0 atom stereocenters. The summed E-state index contributed by atoms with van der Waals surface area (Å²) in [6, 6.07) is 11.7. The van der Waals surface area contributed by atoms with Crippen LogP contribution in [0.15, 0.2) is 47.4 Å². The van der Waals surface area contributed by atoms with Crippen LogP contribution in [-0.2, 0) is 16.6 Å². The van der Waals surface area contributed by atoms with E-state index in [9.17, 15) is 18.5 Å². The summed E-state index contributed by atoms with van der Waals surface area (Å²) in [5.74, 6) is 0.792. The van der Waals surface area contributed by atoms with E-state index in [1.54, 1.807) is 14.0 Å². The topological polar surface area (TPSA) is 93.0 Å². The molecule has 0 N–H and O–H groups in total. The Hall–Kier alpha value is -2.49. The van der Waals surface area contributed by atoms with E-state index in [2.05, 4.69) is 4.90 Å². The van der Waals surface area contributed by atoms with Crippen molar-refractivity contribution in [3.8, 4) is 5.75 Å². The predicted octanol–water partition coefficient (Wildman–Crippen LogP) is 2.42. The van der Waals surface area contributed by atoms with Gasteiger partial charge in [0.1, 0.15) is 5.75 Å². The molecule has 0 amide bonds. The molecule has 28 heavy (non-hydrogen) atoms. The Morgan fingerprint density at radius 3 is 2.46 bits per heavy atom. The minimum atomic E-state index is -3.77. The Balaban J connectivity index is 1.70. The third kappa shape index (κ3) is 4.32. The van der Waals surface area contributed by atoms with Gasteiger partial charge in [-0.2, -0.15) is 4.31 Å². The molecule has 1 aliphatic heterocycles. The summed E-state index contributed by atoms with van der Waals surface area (Å²) in [7, 11) is -2.15. The number of non-ortho nitro benzene ring substituents is 1. The molecule has 1 aliphatic rings. The van der Waals surface area contributed by atoms with Gasteiger partial charge in [0.25, 0.3) is 5.69 Å². The van der Waals surface area contributed by atoms with Crippen LogP contribution in [-0.4, -0.2) is 55.8 Å². The molecule has 0 spiro atoms. The highest BCUT2D eigenvalue weighted by Gasteiger charge is 2.30. The second kappa shape index (κ2) is 8.26. The van der Waals surface area contributed by atoms with Crippen molar-refractivity contribution in [2.75, 3.05) is 33.3 Å². The fourth-order valence-electron chi connectivity index (χ4n) is 3.28. The quantitative estimate of drug-likeness (QED) is 0.541. The minimum absolute atomic E-state index is 0.00273. The van der Waals surface area contributed by atoms with E-state index < -0.39 is 14.9 Å². The lowest BCUT2D eigenvalue weighted by Crippen LogP contribution is -2.48. The van der Waals surface area contributed by atoms with Gasteiger partial charge >= 0.3 is 0 Å². The molecule has 9 heteroatoms. The number of aryl methyl sites for hydroxylation is 1. The summed E-state index contributed by atoms with van der Waals surface area (Å²) < 4.78 is 32.6. The molecule has 0 unspecified atom stereocenters. The van der Waals surface area contributed by atoms with Crippen molar-refractivity contribution in [3.63, 3.8) is 0 Å². The molecule has 1 fully saturated rings. The summed E-state index contributed by atoms with van der Waals surface area (Å²) >= 11 is 0. The fraction of sp³-hybridized carbons (Fsp3) is 0.368. The summed E-state index contributed by atoms with van der Waals surface area (Å²) in [5, 5.41) is 11.0. The van der Waals surface area contributed by atoms with Crippen LogP contribution in [0.1, 0.15) is 11.1 Å². The number of nitrogens with zero attached hydrogens (tertiary/aromatic N) is 3. The number of rotatable bonds is 6. The molecule has 150 valence electrons. The van der Waals surface area contributed by atoms with Crippen LogP contribution in [0.2, 0.25) is 0 Å². The highest BCUT2D eigenvalue weighted by atomic mass is 32.2. The molecule has 0 radical (unpaired) electrons. The first-order chi connectivity index (χ1) is 13.3. The molecule has 0 aromatic heterocycles. The van der Waals surface area contributed by atoms with E-state index in [1.165, 1.54) is 16.4 Å². The number of piperazine rings is 1. The smallest absolute Gasteiger partial charge is 0.270 e. The summed E-state index contributed by atoms with van der Waals surface area (Å²) in [6.45, 7) is 4.22. The third-order valence-electron chi connectivity index (χ3n) is 4.87. The third-order valence-corrected chi connectivity index (χ3v) is 6.91. The van der Waals surface area contributed by atoms with Crippen LogP contribution in [0.5, 0.6) is 5.75 Å². The van der Waals surface area contributed by atoms with Crippen LogP contribution in [0.3, 0.4) is 0 Å². The molecular formula is C19H23N3O5S. The highest BCUT2D eigenvalue weighted by molar-refractivity contribution is 7.89. The van der Waals surface area contributed by atoms with E-state index in [0.717, 1.165) is 17.4 Å². The van der Waals surface area contributed by atoms with Gasteiger partial charge in [0, 0.05) is 44.9 Å². The van der Waals surface area contributed by atoms with Crippen LogP contribution in [0.4, 0.5) is 5.69 Å². The average molecular weight is 405 g/mol. The number of hydrogen-bond acceptors (Lipinski definition) is 6. The molecule has 0 aliphatic carbocycles. The maximum absolute atomic E-state index is 13.0. The van der Waals surface area contributed by atoms with Crippen LogP contribution >= 0.6 is 0 Å². The van der Waals surface area contributed by atoms with Gasteiger partial charge in [-0.15, -0.1) is 0 Å². The Labute approximate surface area is 164 Å². The second-order valence-corrected chi connectivity index (χ2v) is 8.65. The molecule has 0 bridgehead atoms. The second-order valence-electron chi connectivity index (χ2n) is 6.74. The van der Waals surface area contributed by atoms with Gasteiger partial charge in [-0.1, -0.05) is 18.2 Å². The normalized spacial score (nSPS) is 16.1. The van der Waals surface area contributed by atoms with Crippen LogP contribution < -0.4 is 4.74 Å². The first-order valence-corrected chi connectivity index (χ1v) is 10.4. The zero-order valence-corrected chi connectivity index (χ0v) is 16.7. The molecule has 0 saturated carbocycles. The number of nitro groups is 1. The SMILES string of the molecule is COc1cccc(CN2CCN(S(=O)(=O)c3cc([N+](=O)[O-])ccc3C)CC2)c1. The van der Waals surface area contributed by atoms with Gasteiger partial charge in [-0.25, -0.2) is 8.42 Å². The molecule has 2 aromatic rings. The fourth-order valence-corrected chi connectivity index (χ4v) is 4.94. The van der Waals surface area contributed by atoms with Crippen LogP contribution in [0, 0.1) is 17.0 Å². The Bertz CT molecular complexity index is 969. The van der Waals surface area contributed by atoms with Gasteiger partial charge in [0.2, 0.25) is 10.0 Å². The highest BCUT2D eigenvalue weighted by Crippen LogP contribution is 2.26. The lowest BCUT2D eigenvalue weighted by atomic mass is 10.2. The number of sulfonamides is 1. The number of hydrogen-bond donors (Lipinski definition) is 0. The Morgan fingerprint density at radius 1 is 1.11 bits per heavy atom. The molecule has 8 nitrogen and oxygen atoms in total. The zero-order valence-electron chi connectivity index (χ0n) is 15.9. The predicted molar refractivity (Wildman–Crippen MR) is 105 cm³/mol. The number of benzene rings is 2. The van der Waals surface area contributed by atoms with Gasteiger partial charge in [-0.05, 0) is 30.2 Å². The lowest BCUT2D eigenvalue weighted by molar-refractivity contribution is -0.385. The summed E-state index contributed by atoms with van der Waals surface area (Å²) in [4.78, 5) is 12.6. The van der Waals surface area contributed by atoms with E-state index in [1.807, 2.05) is 24.3 Å². The van der Waals surface area contributed by atoms with E-state index in [0.29, 0.717) is 38.3 Å². The van der Waals surface area contributed by atoms with Crippen LogP contribution in [0.25, 0.3) is 0 Å². The van der Waals surface area contributed by atoms with Crippen molar-refractivity contribution in [2.45, 2.75) is 18.4 Å². The van der Waals surface area contributed by atoms with Crippen molar-refractivity contribution in [2.24, 2.45) is 0 Å². The molecule has 1 saturated heterocycles. The Morgan fingerprint density at radius 2 is 1.82 bits per heavy atom. The van der Waals surface area contributed by atoms with Crippen molar-refractivity contribution in [1.82, 2.24) is 9.21 Å². The average Bonchev–Trinajstić information content (AvgIpc) is 2.68. The standard InChI is InChI=1S/C19H23N3O5S/c1-15-6-7-17(22(23)24)13-19(15)28(25,26)21-10-8-20(9-11-21)14-16-4-3-5-18(12-16)27-2/h3-7,12-13H,8-11,14H2,1-2H3. The van der Waals surface area contributed by atoms with Crippen molar-refractivity contribution < 1.29 is 18.1 Å². The zero-order chi connectivity index (χ0) is 20.3. The van der Waals surface area contributed by atoms with Gasteiger partial charge in [0.15, 0.2) is 0 Å². The van der Waals surface area contributed by atoms with Gasteiger partial charge in [-0.3, -0.25) is 15.0 Å². The van der Waals surface area contributed by atoms with E-state index in [-0.39, 0.29) is 10.6 Å². The van der Waals surface area contributed by atoms with E-state index in [4.69, 9.17) is 4.74 Å². The minimum Gasteiger partial charge on any atom is -0.497 e. The molecular weight excluding hydrogens is 382 g/mol. The molecule has 2 aromatic carbocycles. The van der Waals surface area contributed by atoms with Crippen molar-refractivity contribution >= 4 is 15.7 Å². The first kappa shape index (κ1) is 20.2.